The fourth-order valence-electron chi connectivity index (χ4n) is 3.87. The Morgan fingerprint density at radius 1 is 1.06 bits per heavy atom. The van der Waals surface area contributed by atoms with E-state index in [1.165, 1.54) is 11.8 Å². The van der Waals surface area contributed by atoms with Gasteiger partial charge in [0.25, 0.3) is 0 Å². The van der Waals surface area contributed by atoms with Crippen LogP contribution in [0.1, 0.15) is 59.3 Å². The molecule has 1 saturated heterocycles. The minimum atomic E-state index is -1.47. The number of carbonyl (C=O) groups excluding carboxylic acids is 6. The number of likely N-dealkylation sites (tertiary alicyclic amines) is 1. The van der Waals surface area contributed by atoms with Gasteiger partial charge in [0, 0.05) is 31.8 Å². The number of nitrogens with one attached hydrogen (secondary N) is 3. The van der Waals surface area contributed by atoms with Crippen LogP contribution in [0.2, 0.25) is 0 Å². The summed E-state index contributed by atoms with van der Waals surface area (Å²) in [5.74, 6) is -5.67. The number of aliphatic hydroxyl groups excluding tert-OH is 1. The molecule has 0 saturated carbocycles. The van der Waals surface area contributed by atoms with Gasteiger partial charge in [-0.1, -0.05) is 20.3 Å². The normalized spacial score (nSPS) is 18.6. The lowest BCUT2D eigenvalue weighted by Crippen LogP contribution is -2.58. The Labute approximate surface area is 203 Å². The maximum absolute atomic E-state index is 13.3. The molecule has 13 heteroatoms. The van der Waals surface area contributed by atoms with E-state index in [1.54, 1.807) is 6.92 Å². The van der Waals surface area contributed by atoms with Crippen LogP contribution in [0.15, 0.2) is 0 Å². The third kappa shape index (κ3) is 9.51. The molecule has 0 aromatic heterocycles. The van der Waals surface area contributed by atoms with Crippen molar-refractivity contribution in [3.05, 3.63) is 0 Å². The lowest BCUT2D eigenvalue weighted by Gasteiger charge is -2.31. The van der Waals surface area contributed by atoms with Crippen LogP contribution in [0.5, 0.6) is 0 Å². The highest BCUT2D eigenvalue weighted by Gasteiger charge is 2.39. The molecule has 0 spiro atoms. The second kappa shape index (κ2) is 14.2. The van der Waals surface area contributed by atoms with Crippen LogP contribution >= 0.6 is 0 Å². The topological polar surface area (TPSA) is 208 Å². The number of carboxylic acid groups (broad SMARTS) is 2. The second-order valence-electron chi connectivity index (χ2n) is 8.69. The standard InChI is InChI=1S/C22H36N4O9/c1-4-12(2)19(23-13(3)28)21(34)25-15(7-8-17(29)30)22(35)26-9-5-6-16(26)20(33)24-14(11-27)10-18(31)32/h12,14-16,19,27H,4-11H2,1-3H3,(H,23,28)(H,24,33)(H,25,34)(H,29,30)(H,31,32)/p-2/t12-,14-,15-,16-,19-/m0/s1. The number of carboxylic acids is 2. The summed E-state index contributed by atoms with van der Waals surface area (Å²) in [6.07, 6.45) is -0.210. The summed E-state index contributed by atoms with van der Waals surface area (Å²) in [5.41, 5.74) is 0. The van der Waals surface area contributed by atoms with Crippen LogP contribution in [-0.4, -0.2) is 82.9 Å². The van der Waals surface area contributed by atoms with E-state index in [9.17, 15) is 44.1 Å². The zero-order chi connectivity index (χ0) is 26.7. The molecule has 0 bridgehead atoms. The average Bonchev–Trinajstić information content (AvgIpc) is 3.28. The number of amides is 4. The lowest BCUT2D eigenvalue weighted by atomic mass is 9.97. The highest BCUT2D eigenvalue weighted by molar-refractivity contribution is 5.94. The molecule has 0 aromatic carbocycles. The SMILES string of the molecule is CC[C@H](C)[C@H](NC(C)=O)C(=O)N[C@@H](CCC(=O)[O-])C(=O)N1CCC[C@H]1C(=O)N[C@H](CO)CC(=O)[O-]. The van der Waals surface area contributed by atoms with Gasteiger partial charge in [0.1, 0.15) is 18.1 Å². The quantitative estimate of drug-likeness (QED) is 0.185. The molecule has 1 rings (SSSR count). The average molecular weight is 499 g/mol. The van der Waals surface area contributed by atoms with Crippen LogP contribution < -0.4 is 26.2 Å². The summed E-state index contributed by atoms with van der Waals surface area (Å²) < 4.78 is 0. The highest BCUT2D eigenvalue weighted by atomic mass is 16.4. The van der Waals surface area contributed by atoms with Crippen molar-refractivity contribution >= 4 is 35.6 Å². The number of hydrogen-bond acceptors (Lipinski definition) is 9. The Bertz CT molecular complexity index is 804. The number of aliphatic carboxylic acids is 2. The van der Waals surface area contributed by atoms with Crippen molar-refractivity contribution in [2.45, 2.75) is 83.5 Å². The van der Waals surface area contributed by atoms with Crippen molar-refractivity contribution in [1.82, 2.24) is 20.9 Å². The summed E-state index contributed by atoms with van der Waals surface area (Å²) in [7, 11) is 0. The molecule has 0 aliphatic carbocycles. The van der Waals surface area contributed by atoms with Crippen molar-refractivity contribution in [3.63, 3.8) is 0 Å². The molecule has 5 atom stereocenters. The first-order chi connectivity index (χ1) is 16.4. The number of rotatable bonds is 14. The van der Waals surface area contributed by atoms with Gasteiger partial charge in [0.15, 0.2) is 0 Å². The minimum absolute atomic E-state index is 0.152. The fraction of sp³-hybridized carbons (Fsp3) is 0.727. The summed E-state index contributed by atoms with van der Waals surface area (Å²) in [5, 5.41) is 38.6. The third-order valence-corrected chi connectivity index (χ3v) is 5.92. The Balaban J connectivity index is 3.06. The number of carbonyl (C=O) groups is 6. The van der Waals surface area contributed by atoms with E-state index in [2.05, 4.69) is 16.0 Å². The Morgan fingerprint density at radius 3 is 2.23 bits per heavy atom. The Morgan fingerprint density at radius 2 is 1.71 bits per heavy atom. The van der Waals surface area contributed by atoms with E-state index in [0.717, 1.165) is 0 Å². The van der Waals surface area contributed by atoms with Crippen LogP contribution in [0.4, 0.5) is 0 Å². The van der Waals surface area contributed by atoms with Crippen LogP contribution in [-0.2, 0) is 28.8 Å². The largest absolute Gasteiger partial charge is 0.550 e. The van der Waals surface area contributed by atoms with E-state index in [1.807, 2.05) is 6.92 Å². The third-order valence-electron chi connectivity index (χ3n) is 5.92. The second-order valence-corrected chi connectivity index (χ2v) is 8.69. The summed E-state index contributed by atoms with van der Waals surface area (Å²) >= 11 is 0. The first kappa shape index (κ1) is 29.8. The summed E-state index contributed by atoms with van der Waals surface area (Å²) in [6.45, 7) is 4.31. The van der Waals surface area contributed by atoms with E-state index in [0.29, 0.717) is 12.8 Å². The fourth-order valence-corrected chi connectivity index (χ4v) is 3.87. The van der Waals surface area contributed by atoms with Gasteiger partial charge in [-0.05, 0) is 31.6 Å². The van der Waals surface area contributed by atoms with Gasteiger partial charge in [-0.25, -0.2) is 0 Å². The van der Waals surface area contributed by atoms with E-state index in [-0.39, 0.29) is 25.3 Å². The molecule has 0 radical (unpaired) electrons. The van der Waals surface area contributed by atoms with Gasteiger partial charge < -0.3 is 45.8 Å². The molecule has 1 aliphatic heterocycles. The molecule has 35 heavy (non-hydrogen) atoms. The highest BCUT2D eigenvalue weighted by Crippen LogP contribution is 2.20. The van der Waals surface area contributed by atoms with Gasteiger partial charge in [0.2, 0.25) is 23.6 Å². The number of hydrogen-bond donors (Lipinski definition) is 4. The molecule has 198 valence electrons. The molecule has 1 aliphatic rings. The zero-order valence-corrected chi connectivity index (χ0v) is 20.2. The molecule has 0 aromatic rings. The predicted molar refractivity (Wildman–Crippen MR) is 117 cm³/mol. The van der Waals surface area contributed by atoms with E-state index >= 15 is 0 Å². The van der Waals surface area contributed by atoms with E-state index in [4.69, 9.17) is 0 Å². The maximum atomic E-state index is 13.3. The maximum Gasteiger partial charge on any atom is 0.245 e. The molecule has 1 heterocycles. The number of aliphatic hydroxyl groups is 1. The van der Waals surface area contributed by atoms with Gasteiger partial charge in [-0.15, -0.1) is 0 Å². The molecule has 4 N–H and O–H groups in total. The number of nitrogens with zero attached hydrogens (tertiary/aromatic N) is 1. The lowest BCUT2D eigenvalue weighted by molar-refractivity contribution is -0.307. The molecule has 4 amide bonds. The van der Waals surface area contributed by atoms with Gasteiger partial charge in [-0.2, -0.15) is 0 Å². The Hall–Kier alpha value is -3.22. The Kier molecular flexibility index (Phi) is 12.1. The molecular weight excluding hydrogens is 464 g/mol. The monoisotopic (exact) mass is 498 g/mol. The first-order valence-electron chi connectivity index (χ1n) is 11.6. The summed E-state index contributed by atoms with van der Waals surface area (Å²) in [4.78, 5) is 73.5. The van der Waals surface area contributed by atoms with Crippen LogP contribution in [0.25, 0.3) is 0 Å². The van der Waals surface area contributed by atoms with Crippen molar-refractivity contribution in [3.8, 4) is 0 Å². The van der Waals surface area contributed by atoms with Crippen molar-refractivity contribution in [2.24, 2.45) is 5.92 Å². The van der Waals surface area contributed by atoms with Gasteiger partial charge >= 0.3 is 0 Å². The van der Waals surface area contributed by atoms with Gasteiger partial charge in [-0.3, -0.25) is 19.2 Å². The molecule has 0 unspecified atom stereocenters. The molecule has 1 fully saturated rings. The van der Waals surface area contributed by atoms with E-state index < -0.39 is 79.2 Å². The van der Waals surface area contributed by atoms with Crippen LogP contribution in [0, 0.1) is 5.92 Å². The van der Waals surface area contributed by atoms with Crippen molar-refractivity contribution < 1.29 is 44.1 Å². The van der Waals surface area contributed by atoms with Crippen molar-refractivity contribution in [1.29, 1.82) is 0 Å². The zero-order valence-electron chi connectivity index (χ0n) is 20.2. The molecule has 13 nitrogen and oxygen atoms in total. The first-order valence-corrected chi connectivity index (χ1v) is 11.6. The predicted octanol–water partition coefficient (Wildman–Crippen LogP) is -3.84. The molecular formula is C22H34N4O9-2. The van der Waals surface area contributed by atoms with Crippen molar-refractivity contribution in [2.75, 3.05) is 13.2 Å². The van der Waals surface area contributed by atoms with Crippen LogP contribution in [0.3, 0.4) is 0 Å². The minimum Gasteiger partial charge on any atom is -0.550 e. The summed E-state index contributed by atoms with van der Waals surface area (Å²) in [6, 6.07) is -4.36. The smallest absolute Gasteiger partial charge is 0.245 e. The van der Waals surface area contributed by atoms with Gasteiger partial charge in [0.05, 0.1) is 12.6 Å².